The Morgan fingerprint density at radius 2 is 2.00 bits per heavy atom. The van der Waals surface area contributed by atoms with Crippen molar-refractivity contribution in [3.8, 4) is 0 Å². The van der Waals surface area contributed by atoms with Crippen molar-refractivity contribution in [2.45, 2.75) is 31.9 Å². The van der Waals surface area contributed by atoms with Crippen molar-refractivity contribution in [1.29, 1.82) is 0 Å². The van der Waals surface area contributed by atoms with Crippen molar-refractivity contribution in [3.63, 3.8) is 0 Å². The Kier molecular flexibility index (Phi) is 5.93. The van der Waals surface area contributed by atoms with Crippen LogP contribution in [-0.2, 0) is 11.0 Å². The van der Waals surface area contributed by atoms with Crippen molar-refractivity contribution >= 4 is 23.2 Å². The van der Waals surface area contributed by atoms with Crippen LogP contribution in [-0.4, -0.2) is 28.5 Å². The molecule has 0 aliphatic heterocycles. The molecular weight excluding hydrogens is 297 g/mol. The number of unbranched alkanes of at least 4 members (excludes halogenated alkanes) is 2. The predicted octanol–water partition coefficient (Wildman–Crippen LogP) is 2.54. The van der Waals surface area contributed by atoms with Gasteiger partial charge in [0.15, 0.2) is 5.01 Å². The van der Waals surface area contributed by atoms with Gasteiger partial charge >= 0.3 is 12.1 Å². The molecule has 0 atom stereocenters. The van der Waals surface area contributed by atoms with E-state index in [2.05, 4.69) is 10.3 Å². The SMILES string of the molecule is O=C(O)CCCCCNC(=O)c1csc(C(F)(F)F)n1. The number of nitrogens with zero attached hydrogens (tertiary/aromatic N) is 1. The topological polar surface area (TPSA) is 79.3 Å². The standard InChI is InChI=1S/C11H13F3N2O3S/c12-11(13,14)10-16-7(6-20-10)9(19)15-5-3-1-2-4-8(17)18/h6H,1-5H2,(H,15,19)(H,17,18). The number of aromatic nitrogens is 1. The monoisotopic (exact) mass is 310 g/mol. The van der Waals surface area contributed by atoms with E-state index >= 15 is 0 Å². The van der Waals surface area contributed by atoms with E-state index < -0.39 is 23.1 Å². The fourth-order valence-electron chi connectivity index (χ4n) is 1.38. The zero-order valence-electron chi connectivity index (χ0n) is 10.4. The number of carboxylic acid groups (broad SMARTS) is 1. The Balaban J connectivity index is 2.29. The van der Waals surface area contributed by atoms with Gasteiger partial charge in [-0.1, -0.05) is 6.42 Å². The second-order valence-electron chi connectivity index (χ2n) is 4.00. The average Bonchev–Trinajstić information content (AvgIpc) is 2.82. The Hall–Kier alpha value is -1.64. The number of amides is 1. The molecule has 0 saturated heterocycles. The first kappa shape index (κ1) is 16.4. The molecule has 9 heteroatoms. The highest BCUT2D eigenvalue weighted by Crippen LogP contribution is 2.31. The molecule has 1 aromatic rings. The first-order valence-corrected chi connectivity index (χ1v) is 6.71. The molecule has 20 heavy (non-hydrogen) atoms. The Bertz CT molecular complexity index is 474. The van der Waals surface area contributed by atoms with Gasteiger partial charge in [-0.05, 0) is 12.8 Å². The maximum Gasteiger partial charge on any atom is 0.443 e. The quantitative estimate of drug-likeness (QED) is 0.759. The Morgan fingerprint density at radius 3 is 2.55 bits per heavy atom. The van der Waals surface area contributed by atoms with E-state index in [1.165, 1.54) is 0 Å². The lowest BCUT2D eigenvalue weighted by atomic mass is 10.2. The fourth-order valence-corrected chi connectivity index (χ4v) is 2.05. The van der Waals surface area contributed by atoms with Gasteiger partial charge in [-0.2, -0.15) is 13.2 Å². The second-order valence-corrected chi connectivity index (χ2v) is 4.85. The van der Waals surface area contributed by atoms with E-state index in [0.717, 1.165) is 5.38 Å². The van der Waals surface area contributed by atoms with E-state index in [1.807, 2.05) is 0 Å². The molecule has 0 bridgehead atoms. The molecule has 0 aliphatic rings. The van der Waals surface area contributed by atoms with Crippen LogP contribution < -0.4 is 5.32 Å². The summed E-state index contributed by atoms with van der Waals surface area (Å²) in [7, 11) is 0. The summed E-state index contributed by atoms with van der Waals surface area (Å²) in [5.74, 6) is -1.54. The normalized spacial score (nSPS) is 11.3. The van der Waals surface area contributed by atoms with Crippen molar-refractivity contribution in [2.24, 2.45) is 0 Å². The summed E-state index contributed by atoms with van der Waals surface area (Å²) >= 11 is 0.373. The fraction of sp³-hybridized carbons (Fsp3) is 0.545. The highest BCUT2D eigenvalue weighted by atomic mass is 32.1. The van der Waals surface area contributed by atoms with Gasteiger partial charge in [0.2, 0.25) is 0 Å². The van der Waals surface area contributed by atoms with Crippen LogP contribution in [0.2, 0.25) is 0 Å². The largest absolute Gasteiger partial charge is 0.481 e. The van der Waals surface area contributed by atoms with Crippen molar-refractivity contribution < 1.29 is 27.9 Å². The number of nitrogens with one attached hydrogen (secondary N) is 1. The van der Waals surface area contributed by atoms with Crippen molar-refractivity contribution in [3.05, 3.63) is 16.1 Å². The molecule has 0 aromatic carbocycles. The van der Waals surface area contributed by atoms with E-state index in [1.54, 1.807) is 0 Å². The predicted molar refractivity (Wildman–Crippen MR) is 65.6 cm³/mol. The third kappa shape index (κ3) is 5.55. The second kappa shape index (κ2) is 7.22. The molecule has 0 fully saturated rings. The average molecular weight is 310 g/mol. The highest BCUT2D eigenvalue weighted by molar-refractivity contribution is 7.09. The zero-order valence-corrected chi connectivity index (χ0v) is 11.2. The summed E-state index contributed by atoms with van der Waals surface area (Å²) in [5.41, 5.74) is -0.257. The van der Waals surface area contributed by atoms with Gasteiger partial charge in [0.25, 0.3) is 5.91 Å². The number of rotatable bonds is 7. The van der Waals surface area contributed by atoms with Crippen LogP contribution in [0, 0.1) is 0 Å². The minimum absolute atomic E-state index is 0.0645. The summed E-state index contributed by atoms with van der Waals surface area (Å²) in [4.78, 5) is 25.0. The van der Waals surface area contributed by atoms with E-state index in [4.69, 9.17) is 5.11 Å². The van der Waals surface area contributed by atoms with Gasteiger partial charge in [0.1, 0.15) is 5.69 Å². The van der Waals surface area contributed by atoms with E-state index in [-0.39, 0.29) is 18.7 Å². The summed E-state index contributed by atoms with van der Waals surface area (Å²) in [5, 5.41) is 10.9. The minimum Gasteiger partial charge on any atom is -0.481 e. The number of hydrogen-bond donors (Lipinski definition) is 2. The number of aliphatic carboxylic acids is 1. The first-order valence-electron chi connectivity index (χ1n) is 5.83. The number of carboxylic acids is 1. The molecule has 112 valence electrons. The van der Waals surface area contributed by atoms with Crippen LogP contribution in [0.25, 0.3) is 0 Å². The van der Waals surface area contributed by atoms with Crippen LogP contribution in [0.5, 0.6) is 0 Å². The van der Waals surface area contributed by atoms with Gasteiger partial charge in [-0.15, -0.1) is 11.3 Å². The highest BCUT2D eigenvalue weighted by Gasteiger charge is 2.35. The van der Waals surface area contributed by atoms with Crippen molar-refractivity contribution in [2.75, 3.05) is 6.54 Å². The number of halogens is 3. The summed E-state index contributed by atoms with van der Waals surface area (Å²) in [6, 6.07) is 0. The number of thiazole rings is 1. The molecule has 1 heterocycles. The van der Waals surface area contributed by atoms with Gasteiger partial charge in [0, 0.05) is 18.3 Å². The molecule has 0 spiro atoms. The molecule has 0 radical (unpaired) electrons. The smallest absolute Gasteiger partial charge is 0.443 e. The molecule has 0 unspecified atom stereocenters. The van der Waals surface area contributed by atoms with E-state index in [9.17, 15) is 22.8 Å². The molecule has 2 N–H and O–H groups in total. The van der Waals surface area contributed by atoms with Crippen LogP contribution in [0.3, 0.4) is 0 Å². The molecule has 1 rings (SSSR count). The van der Waals surface area contributed by atoms with Crippen LogP contribution in [0.1, 0.15) is 41.2 Å². The lowest BCUT2D eigenvalue weighted by molar-refractivity contribution is -0.138. The minimum atomic E-state index is -4.54. The zero-order chi connectivity index (χ0) is 15.2. The van der Waals surface area contributed by atoms with Gasteiger partial charge < -0.3 is 10.4 Å². The molecule has 1 aromatic heterocycles. The third-order valence-electron chi connectivity index (χ3n) is 2.33. The van der Waals surface area contributed by atoms with Crippen LogP contribution in [0.4, 0.5) is 13.2 Å². The summed E-state index contributed by atoms with van der Waals surface area (Å²) in [6.45, 7) is 0.275. The molecule has 0 aliphatic carbocycles. The lowest BCUT2D eigenvalue weighted by Gasteiger charge is -2.03. The number of carbonyl (C=O) groups is 2. The Labute approximate surface area is 116 Å². The van der Waals surface area contributed by atoms with Crippen LogP contribution >= 0.6 is 11.3 Å². The van der Waals surface area contributed by atoms with Gasteiger partial charge in [0.05, 0.1) is 0 Å². The van der Waals surface area contributed by atoms with Crippen molar-refractivity contribution in [1.82, 2.24) is 10.3 Å². The molecule has 5 nitrogen and oxygen atoms in total. The number of carbonyl (C=O) groups excluding carboxylic acids is 1. The third-order valence-corrected chi connectivity index (χ3v) is 3.22. The maximum absolute atomic E-state index is 12.3. The van der Waals surface area contributed by atoms with Crippen LogP contribution in [0.15, 0.2) is 5.38 Å². The molecule has 0 saturated carbocycles. The molecular formula is C11H13F3N2O3S. The summed E-state index contributed by atoms with van der Waals surface area (Å²) < 4.78 is 36.9. The Morgan fingerprint density at radius 1 is 1.30 bits per heavy atom. The van der Waals surface area contributed by atoms with E-state index in [0.29, 0.717) is 30.6 Å². The summed E-state index contributed by atoms with van der Waals surface area (Å²) in [6.07, 6.45) is -2.79. The first-order chi connectivity index (χ1) is 9.30. The van der Waals surface area contributed by atoms with Gasteiger partial charge in [-0.3, -0.25) is 9.59 Å². The molecule has 1 amide bonds. The van der Waals surface area contributed by atoms with Gasteiger partial charge in [-0.25, -0.2) is 4.98 Å². The number of alkyl halides is 3. The lowest BCUT2D eigenvalue weighted by Crippen LogP contribution is -2.25. The maximum atomic E-state index is 12.3. The number of hydrogen-bond acceptors (Lipinski definition) is 4.